The zero-order valence-corrected chi connectivity index (χ0v) is 7.57. The predicted octanol–water partition coefficient (Wildman–Crippen LogP) is 2.25. The lowest BCUT2D eigenvalue weighted by atomic mass is 9.86. The van der Waals surface area contributed by atoms with Crippen LogP contribution >= 0.6 is 0 Å². The second kappa shape index (κ2) is 2.55. The van der Waals surface area contributed by atoms with Crippen LogP contribution in [0.4, 0.5) is 0 Å². The zero-order chi connectivity index (χ0) is 8.73. The Kier molecular flexibility index (Phi) is 1.47. The van der Waals surface area contributed by atoms with Crippen molar-refractivity contribution in [3.8, 4) is 0 Å². The second-order valence-corrected chi connectivity index (χ2v) is 3.96. The van der Waals surface area contributed by atoms with Gasteiger partial charge in [-0.2, -0.15) is 0 Å². The van der Waals surface area contributed by atoms with Crippen LogP contribution in [0.1, 0.15) is 31.4 Å². The summed E-state index contributed by atoms with van der Waals surface area (Å²) in [6.45, 7) is 0. The van der Waals surface area contributed by atoms with Crippen molar-refractivity contribution in [3.63, 3.8) is 0 Å². The average Bonchev–Trinajstić information content (AvgIpc) is 2.94. The molecule has 2 heterocycles. The van der Waals surface area contributed by atoms with Crippen LogP contribution in [-0.2, 0) is 10.3 Å². The quantitative estimate of drug-likeness (QED) is 0.612. The highest BCUT2D eigenvalue weighted by Crippen LogP contribution is 2.54. The molecule has 2 heteroatoms. The Morgan fingerprint density at radius 3 is 3.15 bits per heavy atom. The Balaban J connectivity index is 1.94. The first-order valence-corrected chi connectivity index (χ1v) is 5.01. The Hall–Kier alpha value is -0.890. The third-order valence-corrected chi connectivity index (χ3v) is 3.18. The fourth-order valence-electron chi connectivity index (χ4n) is 2.42. The van der Waals surface area contributed by atoms with E-state index in [1.165, 1.54) is 19.3 Å². The minimum atomic E-state index is 0.0273. The van der Waals surface area contributed by atoms with Gasteiger partial charge >= 0.3 is 0 Å². The number of pyridine rings is 1. The van der Waals surface area contributed by atoms with E-state index in [9.17, 15) is 0 Å². The molecular formula is C11H13NO. The van der Waals surface area contributed by atoms with Gasteiger partial charge in [-0.15, -0.1) is 0 Å². The summed E-state index contributed by atoms with van der Waals surface area (Å²) in [6, 6.07) is 6.09. The largest absolute Gasteiger partial charge is 0.359 e. The lowest BCUT2D eigenvalue weighted by Crippen LogP contribution is -2.18. The van der Waals surface area contributed by atoms with E-state index >= 15 is 0 Å². The molecule has 2 nitrogen and oxygen atoms in total. The van der Waals surface area contributed by atoms with Gasteiger partial charge in [0, 0.05) is 6.20 Å². The molecule has 0 spiro atoms. The summed E-state index contributed by atoms with van der Waals surface area (Å²) in [7, 11) is 0. The van der Waals surface area contributed by atoms with Crippen molar-refractivity contribution in [3.05, 3.63) is 30.1 Å². The zero-order valence-electron chi connectivity index (χ0n) is 7.57. The molecule has 1 saturated heterocycles. The number of hydrogen-bond acceptors (Lipinski definition) is 2. The fraction of sp³-hybridized carbons (Fsp3) is 0.545. The summed E-state index contributed by atoms with van der Waals surface area (Å²) >= 11 is 0. The SMILES string of the molecule is c1ccc([C@]23CCCC[C@H]2O3)nc1. The monoisotopic (exact) mass is 175 g/mol. The first-order valence-electron chi connectivity index (χ1n) is 5.01. The Morgan fingerprint density at radius 2 is 2.38 bits per heavy atom. The highest BCUT2D eigenvalue weighted by Gasteiger charge is 2.59. The Labute approximate surface area is 77.9 Å². The van der Waals surface area contributed by atoms with Crippen LogP contribution in [0.25, 0.3) is 0 Å². The van der Waals surface area contributed by atoms with Gasteiger partial charge in [0.15, 0.2) is 0 Å². The first kappa shape index (κ1) is 7.51. The molecule has 0 radical (unpaired) electrons. The van der Waals surface area contributed by atoms with Gasteiger partial charge in [-0.25, -0.2) is 0 Å². The van der Waals surface area contributed by atoms with E-state index in [-0.39, 0.29) is 5.60 Å². The van der Waals surface area contributed by atoms with Gasteiger partial charge < -0.3 is 4.74 Å². The highest BCUT2D eigenvalue weighted by atomic mass is 16.6. The lowest BCUT2D eigenvalue weighted by molar-refractivity contribution is 0.284. The summed E-state index contributed by atoms with van der Waals surface area (Å²) in [5.74, 6) is 0. The molecule has 2 fully saturated rings. The smallest absolute Gasteiger partial charge is 0.136 e. The van der Waals surface area contributed by atoms with E-state index in [0.29, 0.717) is 6.10 Å². The fourth-order valence-corrected chi connectivity index (χ4v) is 2.42. The molecule has 3 rings (SSSR count). The summed E-state index contributed by atoms with van der Waals surface area (Å²) in [6.07, 6.45) is 7.31. The van der Waals surface area contributed by atoms with Crippen LogP contribution < -0.4 is 0 Å². The molecule has 13 heavy (non-hydrogen) atoms. The molecule has 1 aromatic heterocycles. The molecule has 68 valence electrons. The van der Waals surface area contributed by atoms with Crippen molar-refractivity contribution >= 4 is 0 Å². The van der Waals surface area contributed by atoms with E-state index in [1.807, 2.05) is 18.3 Å². The van der Waals surface area contributed by atoms with Crippen LogP contribution in [0.15, 0.2) is 24.4 Å². The normalized spacial score (nSPS) is 36.8. The lowest BCUT2D eigenvalue weighted by Gasteiger charge is -2.15. The predicted molar refractivity (Wildman–Crippen MR) is 49.3 cm³/mol. The van der Waals surface area contributed by atoms with Crippen LogP contribution in [0.2, 0.25) is 0 Å². The Morgan fingerprint density at radius 1 is 1.38 bits per heavy atom. The highest BCUT2D eigenvalue weighted by molar-refractivity contribution is 5.23. The molecule has 1 aliphatic carbocycles. The van der Waals surface area contributed by atoms with E-state index in [4.69, 9.17) is 4.74 Å². The van der Waals surface area contributed by atoms with Gasteiger partial charge in [-0.05, 0) is 31.4 Å². The molecule has 0 amide bonds. The van der Waals surface area contributed by atoms with Gasteiger partial charge in [0.1, 0.15) is 5.60 Å². The van der Waals surface area contributed by atoms with Crippen LogP contribution in [0.5, 0.6) is 0 Å². The maximum Gasteiger partial charge on any atom is 0.136 e. The van der Waals surface area contributed by atoms with Gasteiger partial charge in [0.25, 0.3) is 0 Å². The Bertz CT molecular complexity index is 311. The maximum absolute atomic E-state index is 5.79. The molecule has 0 bridgehead atoms. The molecule has 1 aliphatic heterocycles. The molecule has 2 atom stereocenters. The van der Waals surface area contributed by atoms with E-state index in [1.54, 1.807) is 0 Å². The molecule has 0 N–H and O–H groups in total. The second-order valence-electron chi connectivity index (χ2n) is 3.96. The van der Waals surface area contributed by atoms with Gasteiger partial charge in [-0.3, -0.25) is 4.98 Å². The summed E-state index contributed by atoms with van der Waals surface area (Å²) in [4.78, 5) is 4.39. The number of ether oxygens (including phenoxy) is 1. The van der Waals surface area contributed by atoms with Crippen LogP contribution in [-0.4, -0.2) is 11.1 Å². The number of rotatable bonds is 1. The molecule has 0 aromatic carbocycles. The van der Waals surface area contributed by atoms with Gasteiger partial charge in [0.2, 0.25) is 0 Å². The number of fused-ring (bicyclic) bond motifs is 1. The summed E-state index contributed by atoms with van der Waals surface area (Å²) in [5, 5.41) is 0. The van der Waals surface area contributed by atoms with Crippen molar-refractivity contribution in [2.24, 2.45) is 0 Å². The summed E-state index contributed by atoms with van der Waals surface area (Å²) < 4.78 is 5.79. The van der Waals surface area contributed by atoms with Crippen LogP contribution in [0, 0.1) is 0 Å². The van der Waals surface area contributed by atoms with Crippen molar-refractivity contribution in [2.45, 2.75) is 37.4 Å². The average molecular weight is 175 g/mol. The molecular weight excluding hydrogens is 162 g/mol. The van der Waals surface area contributed by atoms with E-state index < -0.39 is 0 Å². The number of hydrogen-bond donors (Lipinski definition) is 0. The number of epoxide rings is 1. The van der Waals surface area contributed by atoms with Crippen molar-refractivity contribution in [1.82, 2.24) is 4.98 Å². The van der Waals surface area contributed by atoms with Crippen molar-refractivity contribution in [1.29, 1.82) is 0 Å². The molecule has 2 aliphatic rings. The number of aromatic nitrogens is 1. The first-order chi connectivity index (χ1) is 6.42. The van der Waals surface area contributed by atoms with Gasteiger partial charge in [0.05, 0.1) is 11.8 Å². The van der Waals surface area contributed by atoms with E-state index in [0.717, 1.165) is 12.1 Å². The molecule has 0 unspecified atom stereocenters. The minimum absolute atomic E-state index is 0.0273. The minimum Gasteiger partial charge on any atom is -0.359 e. The van der Waals surface area contributed by atoms with Crippen LogP contribution in [0.3, 0.4) is 0 Å². The third kappa shape index (κ3) is 1.02. The van der Waals surface area contributed by atoms with Gasteiger partial charge in [-0.1, -0.05) is 12.5 Å². The molecule has 1 saturated carbocycles. The summed E-state index contributed by atoms with van der Waals surface area (Å²) in [5.41, 5.74) is 1.17. The van der Waals surface area contributed by atoms with Crippen molar-refractivity contribution in [2.75, 3.05) is 0 Å². The van der Waals surface area contributed by atoms with Crippen molar-refractivity contribution < 1.29 is 4.74 Å². The molecule has 1 aromatic rings. The standard InChI is InChI=1S/C11H13NO/c1-3-7-11(10(6-1)13-11)9-5-2-4-8-12-9/h2,4-5,8,10H,1,3,6-7H2/t10-,11-/m1/s1. The maximum atomic E-state index is 5.79. The van der Waals surface area contributed by atoms with E-state index in [2.05, 4.69) is 11.1 Å². The number of nitrogens with zero attached hydrogens (tertiary/aromatic N) is 1. The third-order valence-electron chi connectivity index (χ3n) is 3.18. The topological polar surface area (TPSA) is 25.4 Å².